The van der Waals surface area contributed by atoms with Gasteiger partial charge in [0.2, 0.25) is 13.6 Å². The number of nitrogens with zero attached hydrogens (tertiary/aromatic N) is 4. The van der Waals surface area contributed by atoms with Crippen LogP contribution in [0.25, 0.3) is 0 Å². The summed E-state index contributed by atoms with van der Waals surface area (Å²) in [7, 11) is 0. The van der Waals surface area contributed by atoms with Crippen molar-refractivity contribution >= 4 is 0 Å². The minimum atomic E-state index is -0.368. The fourth-order valence-electron chi connectivity index (χ4n) is 4.15. The molecule has 3 aliphatic rings. The lowest BCUT2D eigenvalue weighted by molar-refractivity contribution is 0.0978. The molecule has 2 aromatic rings. The normalized spacial score (nSPS) is 19.7. The molecule has 152 valence electrons. The number of hydrogen-bond donors (Lipinski definition) is 0. The summed E-state index contributed by atoms with van der Waals surface area (Å²) in [6.07, 6.45) is 0. The van der Waals surface area contributed by atoms with Gasteiger partial charge < -0.3 is 18.9 Å². The third-order valence-electron chi connectivity index (χ3n) is 5.75. The van der Waals surface area contributed by atoms with Gasteiger partial charge in [-0.15, -0.1) is 0 Å². The van der Waals surface area contributed by atoms with Crippen LogP contribution < -0.4 is 18.9 Å². The largest absolute Gasteiger partial charge is 0.454 e. The van der Waals surface area contributed by atoms with Crippen molar-refractivity contribution in [3.05, 3.63) is 47.5 Å². The van der Waals surface area contributed by atoms with Crippen LogP contribution >= 0.6 is 0 Å². The maximum Gasteiger partial charge on any atom is 0.231 e. The fourth-order valence-corrected chi connectivity index (χ4v) is 4.15. The molecule has 3 heterocycles. The molecule has 2 atom stereocenters. The summed E-state index contributed by atoms with van der Waals surface area (Å²) in [6, 6.07) is 15.4. The van der Waals surface area contributed by atoms with Crippen molar-refractivity contribution < 1.29 is 18.9 Å². The van der Waals surface area contributed by atoms with Crippen LogP contribution in [0.15, 0.2) is 36.4 Å². The third-order valence-corrected chi connectivity index (χ3v) is 5.75. The van der Waals surface area contributed by atoms with E-state index in [1.54, 1.807) is 0 Å². The summed E-state index contributed by atoms with van der Waals surface area (Å²) in [4.78, 5) is 4.28. The van der Waals surface area contributed by atoms with Gasteiger partial charge in [-0.1, -0.05) is 12.1 Å². The monoisotopic (exact) mass is 404 g/mol. The summed E-state index contributed by atoms with van der Waals surface area (Å²) in [6.45, 7) is 3.18. The second-order valence-corrected chi connectivity index (χ2v) is 7.36. The number of piperazine rings is 1. The molecule has 0 radical (unpaired) electrons. The zero-order valence-electron chi connectivity index (χ0n) is 16.3. The first-order valence-electron chi connectivity index (χ1n) is 9.83. The molecule has 5 rings (SSSR count). The molecule has 0 aromatic heterocycles. The van der Waals surface area contributed by atoms with Gasteiger partial charge in [-0.25, -0.2) is 0 Å². The van der Waals surface area contributed by atoms with Gasteiger partial charge in [0.15, 0.2) is 23.0 Å². The van der Waals surface area contributed by atoms with E-state index >= 15 is 0 Å². The van der Waals surface area contributed by atoms with Crippen molar-refractivity contribution in [2.24, 2.45) is 0 Å². The molecule has 2 aromatic carbocycles. The van der Waals surface area contributed by atoms with Gasteiger partial charge >= 0.3 is 0 Å². The summed E-state index contributed by atoms with van der Waals surface area (Å²) in [5.74, 6) is 2.78. The minimum Gasteiger partial charge on any atom is -0.454 e. The molecule has 0 unspecified atom stereocenters. The lowest BCUT2D eigenvalue weighted by atomic mass is 10.0. The van der Waals surface area contributed by atoms with Crippen molar-refractivity contribution in [2.45, 2.75) is 12.1 Å². The van der Waals surface area contributed by atoms with Crippen molar-refractivity contribution in [1.29, 1.82) is 10.5 Å². The average molecular weight is 404 g/mol. The summed E-state index contributed by atoms with van der Waals surface area (Å²) in [5, 5.41) is 19.6. The van der Waals surface area contributed by atoms with Gasteiger partial charge in [0.05, 0.1) is 12.1 Å². The average Bonchev–Trinajstić information content (AvgIpc) is 3.44. The highest BCUT2D eigenvalue weighted by molar-refractivity contribution is 5.47. The van der Waals surface area contributed by atoms with Crippen molar-refractivity contribution in [3.63, 3.8) is 0 Å². The Morgan fingerprint density at radius 1 is 0.633 bits per heavy atom. The quantitative estimate of drug-likeness (QED) is 0.768. The lowest BCUT2D eigenvalue weighted by Crippen LogP contribution is -2.48. The van der Waals surface area contributed by atoms with E-state index in [2.05, 4.69) is 21.9 Å². The van der Waals surface area contributed by atoms with E-state index in [9.17, 15) is 10.5 Å². The second kappa shape index (κ2) is 7.75. The molecular weight excluding hydrogens is 384 g/mol. The third kappa shape index (κ3) is 3.26. The molecule has 1 saturated heterocycles. The van der Waals surface area contributed by atoms with Gasteiger partial charge in [-0.3, -0.25) is 9.80 Å². The minimum absolute atomic E-state index is 0.212. The van der Waals surface area contributed by atoms with Gasteiger partial charge in [0, 0.05) is 26.2 Å². The SMILES string of the molecule is N#C[C@H](c1ccc2c(c1)OCO2)N1CCN([C@H](C#N)c2ccc3c(c2)OCO3)CC1. The van der Waals surface area contributed by atoms with E-state index in [1.807, 2.05) is 36.4 Å². The summed E-state index contributed by atoms with van der Waals surface area (Å²) < 4.78 is 21.6. The van der Waals surface area contributed by atoms with Crippen LogP contribution in [-0.2, 0) is 0 Å². The number of hydrogen-bond acceptors (Lipinski definition) is 8. The summed E-state index contributed by atoms with van der Waals surface area (Å²) in [5.41, 5.74) is 1.78. The first kappa shape index (κ1) is 18.6. The highest BCUT2D eigenvalue weighted by Crippen LogP contribution is 2.37. The van der Waals surface area contributed by atoms with Crippen molar-refractivity contribution in [3.8, 4) is 35.1 Å². The highest BCUT2D eigenvalue weighted by atomic mass is 16.7. The number of ether oxygens (including phenoxy) is 4. The predicted molar refractivity (Wildman–Crippen MR) is 105 cm³/mol. The van der Waals surface area contributed by atoms with Gasteiger partial charge in [0.1, 0.15) is 12.1 Å². The van der Waals surface area contributed by atoms with Crippen LogP contribution in [0, 0.1) is 22.7 Å². The van der Waals surface area contributed by atoms with Crippen molar-refractivity contribution in [1.82, 2.24) is 9.80 Å². The molecule has 0 N–H and O–H groups in total. The lowest BCUT2D eigenvalue weighted by Gasteiger charge is -2.38. The highest BCUT2D eigenvalue weighted by Gasteiger charge is 2.30. The number of fused-ring (bicyclic) bond motifs is 2. The zero-order valence-corrected chi connectivity index (χ0v) is 16.3. The van der Waals surface area contributed by atoms with Crippen LogP contribution in [0.1, 0.15) is 23.2 Å². The molecule has 3 aliphatic heterocycles. The van der Waals surface area contributed by atoms with Gasteiger partial charge in [-0.2, -0.15) is 10.5 Å². The molecule has 8 nitrogen and oxygen atoms in total. The van der Waals surface area contributed by atoms with E-state index in [0.29, 0.717) is 49.2 Å². The molecule has 0 saturated carbocycles. The van der Waals surface area contributed by atoms with E-state index in [1.165, 1.54) is 0 Å². The Morgan fingerprint density at radius 2 is 1.03 bits per heavy atom. The Hall–Kier alpha value is -3.46. The van der Waals surface area contributed by atoms with Crippen LogP contribution in [0.2, 0.25) is 0 Å². The molecule has 1 fully saturated rings. The molecule has 0 aliphatic carbocycles. The van der Waals surface area contributed by atoms with E-state index in [4.69, 9.17) is 18.9 Å². The van der Waals surface area contributed by atoms with E-state index in [0.717, 1.165) is 11.1 Å². The summed E-state index contributed by atoms with van der Waals surface area (Å²) >= 11 is 0. The number of benzene rings is 2. The van der Waals surface area contributed by atoms with Crippen molar-refractivity contribution in [2.75, 3.05) is 39.8 Å². The smallest absolute Gasteiger partial charge is 0.231 e. The molecule has 8 heteroatoms. The number of nitriles is 2. The zero-order chi connectivity index (χ0) is 20.5. The Balaban J connectivity index is 1.28. The fraction of sp³-hybridized carbons (Fsp3) is 0.364. The Bertz CT molecular complexity index is 953. The standard InChI is InChI=1S/C22H20N4O4/c23-11-17(15-1-3-19-21(9-15)29-13-27-19)25-5-7-26(8-6-25)18(12-24)16-2-4-20-22(10-16)30-14-28-20/h1-4,9-10,17-18H,5-8,13-14H2/t17-,18-/m1/s1. The van der Waals surface area contributed by atoms with Crippen LogP contribution in [0.3, 0.4) is 0 Å². The Morgan fingerprint density at radius 3 is 1.43 bits per heavy atom. The molecule has 0 bridgehead atoms. The van der Waals surface area contributed by atoms with E-state index in [-0.39, 0.29) is 25.7 Å². The van der Waals surface area contributed by atoms with Crippen LogP contribution in [-0.4, -0.2) is 49.6 Å². The maximum atomic E-state index is 9.81. The second-order valence-electron chi connectivity index (χ2n) is 7.36. The van der Waals surface area contributed by atoms with Gasteiger partial charge in [0.25, 0.3) is 0 Å². The van der Waals surface area contributed by atoms with Gasteiger partial charge in [-0.05, 0) is 35.4 Å². The first-order valence-corrected chi connectivity index (χ1v) is 9.83. The topological polar surface area (TPSA) is 91.0 Å². The molecule has 0 spiro atoms. The van der Waals surface area contributed by atoms with Crippen LogP contribution in [0.4, 0.5) is 0 Å². The Kier molecular flexibility index (Phi) is 4.80. The van der Waals surface area contributed by atoms with Crippen LogP contribution in [0.5, 0.6) is 23.0 Å². The Labute approximate surface area is 174 Å². The molecular formula is C22H20N4O4. The maximum absolute atomic E-state index is 9.81. The number of rotatable bonds is 4. The predicted octanol–water partition coefficient (Wildman–Crippen LogP) is 2.59. The molecule has 30 heavy (non-hydrogen) atoms. The molecule has 0 amide bonds. The van der Waals surface area contributed by atoms with E-state index < -0.39 is 0 Å². The first-order chi connectivity index (χ1) is 14.8.